The molecule has 0 unspecified atom stereocenters. The van der Waals surface area contributed by atoms with Crippen molar-refractivity contribution in [3.8, 4) is 0 Å². The van der Waals surface area contributed by atoms with Crippen LogP contribution in [0.3, 0.4) is 0 Å². The Hall–Kier alpha value is -0.650. The summed E-state index contributed by atoms with van der Waals surface area (Å²) in [6, 6.07) is 0. The van der Waals surface area contributed by atoms with Crippen LogP contribution in [0.2, 0.25) is 0 Å². The molecule has 2 N–H and O–H groups in total. The molecule has 2 saturated heterocycles. The topological polar surface area (TPSA) is 70.0 Å². The Labute approximate surface area is 113 Å². The first-order valence-corrected chi connectivity index (χ1v) is 7.37. The fraction of sp³-hybridized carbons (Fsp3) is 0.929. The monoisotopic (exact) mass is 269 g/mol. The molecule has 0 spiro atoms. The maximum absolute atomic E-state index is 12.3. The highest BCUT2D eigenvalue weighted by Crippen LogP contribution is 2.45. The average Bonchev–Trinajstić information content (AvgIpc) is 2.80. The van der Waals surface area contributed by atoms with Gasteiger partial charge in [0.1, 0.15) is 0 Å². The summed E-state index contributed by atoms with van der Waals surface area (Å²) in [5, 5.41) is 18.5. The number of hydrogen-bond acceptors (Lipinski definition) is 4. The average molecular weight is 269 g/mol. The third-order valence-corrected chi connectivity index (χ3v) is 5.10. The highest BCUT2D eigenvalue weighted by atomic mass is 16.5. The van der Waals surface area contributed by atoms with Crippen molar-refractivity contribution in [1.29, 1.82) is 0 Å². The molecule has 3 atom stereocenters. The van der Waals surface area contributed by atoms with Gasteiger partial charge in [-0.05, 0) is 19.3 Å². The summed E-state index contributed by atoms with van der Waals surface area (Å²) in [4.78, 5) is 14.2. The predicted octanol–water partition coefficient (Wildman–Crippen LogP) is 0.147. The SMILES string of the molecule is O=C(C1CCC1)N1C[C@@H]2C[C@@H](CO)O[C@]2(CCO)C1. The molecule has 2 heterocycles. The van der Waals surface area contributed by atoms with Crippen LogP contribution in [0.1, 0.15) is 32.1 Å². The number of aliphatic hydroxyl groups excluding tert-OH is 2. The van der Waals surface area contributed by atoms with Crippen LogP contribution in [-0.2, 0) is 9.53 Å². The van der Waals surface area contributed by atoms with E-state index in [0.717, 1.165) is 25.8 Å². The summed E-state index contributed by atoms with van der Waals surface area (Å²) in [7, 11) is 0. The molecule has 3 rings (SSSR count). The lowest BCUT2D eigenvalue weighted by Gasteiger charge is -2.32. The van der Waals surface area contributed by atoms with E-state index in [2.05, 4.69) is 0 Å². The highest BCUT2D eigenvalue weighted by Gasteiger charge is 2.55. The van der Waals surface area contributed by atoms with Gasteiger partial charge in [-0.1, -0.05) is 6.42 Å². The molecule has 1 amide bonds. The van der Waals surface area contributed by atoms with Gasteiger partial charge >= 0.3 is 0 Å². The minimum absolute atomic E-state index is 0.0280. The molecule has 5 heteroatoms. The molecule has 0 aromatic heterocycles. The molecule has 2 aliphatic heterocycles. The lowest BCUT2D eigenvalue weighted by atomic mass is 9.84. The molecule has 19 heavy (non-hydrogen) atoms. The first kappa shape index (κ1) is 13.3. The van der Waals surface area contributed by atoms with E-state index in [-0.39, 0.29) is 37.1 Å². The van der Waals surface area contributed by atoms with E-state index in [1.807, 2.05) is 4.90 Å². The zero-order chi connectivity index (χ0) is 13.5. The first-order valence-electron chi connectivity index (χ1n) is 7.37. The van der Waals surface area contributed by atoms with Crippen LogP contribution in [0.25, 0.3) is 0 Å². The van der Waals surface area contributed by atoms with E-state index in [1.54, 1.807) is 0 Å². The standard InChI is InChI=1S/C14H23NO4/c16-5-4-14-9-15(13(18)10-2-1-3-10)7-11(14)6-12(8-17)19-14/h10-12,16-17H,1-9H2/t11-,12-,14+/m0/s1. The maximum Gasteiger partial charge on any atom is 0.225 e. The van der Waals surface area contributed by atoms with Crippen LogP contribution in [0, 0.1) is 11.8 Å². The second-order valence-corrected chi connectivity index (χ2v) is 6.24. The normalized spacial score (nSPS) is 38.3. The molecule has 3 fully saturated rings. The summed E-state index contributed by atoms with van der Waals surface area (Å²) in [5.74, 6) is 0.751. The van der Waals surface area contributed by atoms with Crippen molar-refractivity contribution < 1.29 is 19.7 Å². The number of carbonyl (C=O) groups excluding carboxylic acids is 1. The van der Waals surface area contributed by atoms with E-state index in [0.29, 0.717) is 13.0 Å². The van der Waals surface area contributed by atoms with Crippen LogP contribution in [-0.4, -0.2) is 59.0 Å². The lowest BCUT2D eigenvalue weighted by molar-refractivity contribution is -0.140. The summed E-state index contributed by atoms with van der Waals surface area (Å²) in [6.45, 7) is 1.41. The van der Waals surface area contributed by atoms with E-state index in [4.69, 9.17) is 4.74 Å². The second kappa shape index (κ2) is 5.04. The van der Waals surface area contributed by atoms with Crippen molar-refractivity contribution >= 4 is 5.91 Å². The molecule has 1 aliphatic carbocycles. The number of fused-ring (bicyclic) bond motifs is 1. The van der Waals surface area contributed by atoms with Gasteiger partial charge in [0.05, 0.1) is 24.9 Å². The number of aliphatic hydroxyl groups is 2. The Morgan fingerprint density at radius 2 is 2.16 bits per heavy atom. The third kappa shape index (κ3) is 2.18. The maximum atomic E-state index is 12.3. The Bertz CT molecular complexity index is 357. The van der Waals surface area contributed by atoms with E-state index in [9.17, 15) is 15.0 Å². The Morgan fingerprint density at radius 3 is 2.74 bits per heavy atom. The van der Waals surface area contributed by atoms with Gasteiger partial charge in [0.2, 0.25) is 5.91 Å². The van der Waals surface area contributed by atoms with Gasteiger partial charge in [0.15, 0.2) is 0 Å². The van der Waals surface area contributed by atoms with Crippen molar-refractivity contribution in [2.75, 3.05) is 26.3 Å². The molecule has 0 radical (unpaired) electrons. The molecule has 0 aromatic carbocycles. The van der Waals surface area contributed by atoms with Crippen molar-refractivity contribution in [3.05, 3.63) is 0 Å². The second-order valence-electron chi connectivity index (χ2n) is 6.24. The van der Waals surface area contributed by atoms with Gasteiger partial charge in [-0.2, -0.15) is 0 Å². The molecule has 3 aliphatic rings. The van der Waals surface area contributed by atoms with Gasteiger partial charge in [0, 0.05) is 31.4 Å². The Morgan fingerprint density at radius 1 is 1.37 bits per heavy atom. The number of nitrogens with zero attached hydrogens (tertiary/aromatic N) is 1. The fourth-order valence-electron chi connectivity index (χ4n) is 3.79. The first-order chi connectivity index (χ1) is 9.18. The summed E-state index contributed by atoms with van der Waals surface area (Å²) >= 11 is 0. The zero-order valence-electron chi connectivity index (χ0n) is 11.3. The number of ether oxygens (including phenoxy) is 1. The van der Waals surface area contributed by atoms with Crippen LogP contribution < -0.4 is 0 Å². The molecule has 0 bridgehead atoms. The zero-order valence-corrected chi connectivity index (χ0v) is 11.3. The minimum Gasteiger partial charge on any atom is -0.396 e. The minimum atomic E-state index is -0.415. The highest BCUT2D eigenvalue weighted by molar-refractivity contribution is 5.80. The van der Waals surface area contributed by atoms with Crippen molar-refractivity contribution in [2.24, 2.45) is 11.8 Å². The third-order valence-electron chi connectivity index (χ3n) is 5.10. The number of hydrogen-bond donors (Lipinski definition) is 2. The largest absolute Gasteiger partial charge is 0.396 e. The Balaban J connectivity index is 1.69. The summed E-state index contributed by atoms with van der Waals surface area (Å²) in [5.41, 5.74) is -0.415. The molecule has 5 nitrogen and oxygen atoms in total. The van der Waals surface area contributed by atoms with Crippen LogP contribution in [0.5, 0.6) is 0 Å². The number of likely N-dealkylation sites (tertiary alicyclic amines) is 1. The molecular formula is C14H23NO4. The fourth-order valence-corrected chi connectivity index (χ4v) is 3.79. The number of carbonyl (C=O) groups is 1. The molecular weight excluding hydrogens is 246 g/mol. The van der Waals surface area contributed by atoms with Crippen molar-refractivity contribution in [1.82, 2.24) is 4.90 Å². The van der Waals surface area contributed by atoms with E-state index in [1.165, 1.54) is 6.42 Å². The van der Waals surface area contributed by atoms with Gasteiger partial charge in [-0.25, -0.2) is 0 Å². The van der Waals surface area contributed by atoms with Crippen LogP contribution >= 0.6 is 0 Å². The molecule has 108 valence electrons. The van der Waals surface area contributed by atoms with Gasteiger partial charge in [-0.15, -0.1) is 0 Å². The van der Waals surface area contributed by atoms with E-state index >= 15 is 0 Å². The van der Waals surface area contributed by atoms with Gasteiger partial charge in [0.25, 0.3) is 0 Å². The van der Waals surface area contributed by atoms with E-state index < -0.39 is 5.60 Å². The molecule has 1 saturated carbocycles. The van der Waals surface area contributed by atoms with Gasteiger partial charge < -0.3 is 19.8 Å². The number of amides is 1. The number of rotatable bonds is 4. The van der Waals surface area contributed by atoms with Crippen LogP contribution in [0.4, 0.5) is 0 Å². The lowest BCUT2D eigenvalue weighted by Crippen LogP contribution is -2.43. The van der Waals surface area contributed by atoms with Gasteiger partial charge in [-0.3, -0.25) is 4.79 Å². The van der Waals surface area contributed by atoms with Crippen LogP contribution in [0.15, 0.2) is 0 Å². The predicted molar refractivity (Wildman–Crippen MR) is 68.4 cm³/mol. The van der Waals surface area contributed by atoms with Crippen molar-refractivity contribution in [3.63, 3.8) is 0 Å². The quantitative estimate of drug-likeness (QED) is 0.762. The molecule has 0 aromatic rings. The smallest absolute Gasteiger partial charge is 0.225 e. The summed E-state index contributed by atoms with van der Waals surface area (Å²) < 4.78 is 5.97. The summed E-state index contributed by atoms with van der Waals surface area (Å²) in [6.07, 6.45) is 4.43. The van der Waals surface area contributed by atoms with Crippen molar-refractivity contribution in [2.45, 2.75) is 43.8 Å². The Kier molecular flexibility index (Phi) is 3.53.